The maximum atomic E-state index is 3.78. The van der Waals surface area contributed by atoms with Crippen LogP contribution >= 0.6 is 43.2 Å². The van der Waals surface area contributed by atoms with E-state index in [2.05, 4.69) is 76.0 Å². The van der Waals surface area contributed by atoms with E-state index in [-0.39, 0.29) is 0 Å². The molecule has 0 aliphatic rings. The van der Waals surface area contributed by atoms with E-state index in [1.807, 2.05) is 11.3 Å². The minimum Gasteiger partial charge on any atom is -0.144 e. The number of alkyl halides is 1. The molecule has 0 aliphatic carbocycles. The van der Waals surface area contributed by atoms with Gasteiger partial charge in [-0.1, -0.05) is 50.9 Å². The van der Waals surface area contributed by atoms with Crippen LogP contribution in [0.15, 0.2) is 34.8 Å². The number of thiophene rings is 1. The molecular formula is C14H14Br2S. The summed E-state index contributed by atoms with van der Waals surface area (Å²) in [5.41, 5.74) is 2.57. The molecule has 0 bridgehead atoms. The summed E-state index contributed by atoms with van der Waals surface area (Å²) >= 11 is 9.26. The van der Waals surface area contributed by atoms with Crippen LogP contribution < -0.4 is 0 Å². The second kappa shape index (κ2) is 5.68. The van der Waals surface area contributed by atoms with Gasteiger partial charge in [0.1, 0.15) is 0 Å². The third-order valence-electron chi connectivity index (χ3n) is 2.77. The smallest absolute Gasteiger partial charge is 0.0738 e. The number of aryl methyl sites for hydroxylation is 2. The Kier molecular flexibility index (Phi) is 4.45. The third kappa shape index (κ3) is 3.01. The minimum atomic E-state index is 0.296. The lowest BCUT2D eigenvalue weighted by atomic mass is 10.1. The van der Waals surface area contributed by atoms with Crippen LogP contribution in [-0.2, 0) is 6.42 Å². The average Bonchev–Trinajstić information content (AvgIpc) is 2.80. The van der Waals surface area contributed by atoms with E-state index in [9.17, 15) is 0 Å². The Hall–Kier alpha value is -0.120. The van der Waals surface area contributed by atoms with Crippen LogP contribution in [0.5, 0.6) is 0 Å². The molecule has 0 amide bonds. The van der Waals surface area contributed by atoms with Crippen LogP contribution in [-0.4, -0.2) is 0 Å². The summed E-state index contributed by atoms with van der Waals surface area (Å²) in [5, 5.41) is 0. The molecule has 1 aromatic carbocycles. The first-order valence-corrected chi connectivity index (χ1v) is 8.13. The van der Waals surface area contributed by atoms with Gasteiger partial charge in [-0.25, -0.2) is 0 Å². The molecule has 0 spiro atoms. The van der Waals surface area contributed by atoms with Crippen LogP contribution in [0.2, 0.25) is 0 Å². The summed E-state index contributed by atoms with van der Waals surface area (Å²) < 4.78 is 1.17. The Morgan fingerprint density at radius 2 is 2.00 bits per heavy atom. The minimum absolute atomic E-state index is 0.296. The number of benzene rings is 1. The van der Waals surface area contributed by atoms with Crippen molar-refractivity contribution in [2.75, 3.05) is 0 Å². The largest absolute Gasteiger partial charge is 0.144 e. The normalized spacial score (nSPS) is 12.7. The van der Waals surface area contributed by atoms with Crippen LogP contribution in [0.4, 0.5) is 0 Å². The highest BCUT2D eigenvalue weighted by Crippen LogP contribution is 2.36. The Morgan fingerprint density at radius 3 is 2.59 bits per heavy atom. The number of rotatable bonds is 3. The molecule has 0 fully saturated rings. The summed E-state index contributed by atoms with van der Waals surface area (Å²) in [6.45, 7) is 4.30. The molecule has 0 nitrogen and oxygen atoms in total. The zero-order valence-corrected chi connectivity index (χ0v) is 13.8. The molecule has 1 unspecified atom stereocenters. The lowest BCUT2D eigenvalue weighted by Crippen LogP contribution is -1.90. The fourth-order valence-electron chi connectivity index (χ4n) is 1.65. The van der Waals surface area contributed by atoms with Gasteiger partial charge in [-0.05, 0) is 42.7 Å². The maximum absolute atomic E-state index is 3.78. The second-order valence-electron chi connectivity index (χ2n) is 4.03. The third-order valence-corrected chi connectivity index (χ3v) is 6.24. The molecule has 0 saturated carbocycles. The van der Waals surface area contributed by atoms with E-state index >= 15 is 0 Å². The van der Waals surface area contributed by atoms with Gasteiger partial charge in [0, 0.05) is 14.2 Å². The zero-order valence-electron chi connectivity index (χ0n) is 9.84. The van der Waals surface area contributed by atoms with Crippen molar-refractivity contribution in [2.45, 2.75) is 25.1 Å². The first-order valence-electron chi connectivity index (χ1n) is 5.60. The predicted octanol–water partition coefficient (Wildman–Crippen LogP) is 5.87. The molecule has 1 heterocycles. The van der Waals surface area contributed by atoms with E-state index in [0.29, 0.717) is 4.83 Å². The van der Waals surface area contributed by atoms with E-state index < -0.39 is 0 Å². The summed E-state index contributed by atoms with van der Waals surface area (Å²) in [4.78, 5) is 3.11. The number of hydrogen-bond donors (Lipinski definition) is 0. The molecule has 3 heteroatoms. The summed E-state index contributed by atoms with van der Waals surface area (Å²) in [5.74, 6) is 0. The van der Waals surface area contributed by atoms with Gasteiger partial charge in [-0.2, -0.15) is 0 Å². The quantitative estimate of drug-likeness (QED) is 0.590. The van der Waals surface area contributed by atoms with Crippen molar-refractivity contribution in [1.29, 1.82) is 0 Å². The van der Waals surface area contributed by atoms with E-state index in [4.69, 9.17) is 0 Å². The average molecular weight is 374 g/mol. The molecule has 1 aromatic heterocycles. The fourth-order valence-corrected chi connectivity index (χ4v) is 3.72. The topological polar surface area (TPSA) is 0 Å². The SMILES string of the molecule is CCc1ccc(C(Br)c2ccc(C)c(Br)c2)s1. The molecule has 0 radical (unpaired) electrons. The molecule has 17 heavy (non-hydrogen) atoms. The lowest BCUT2D eigenvalue weighted by molar-refractivity contribution is 1.19. The van der Waals surface area contributed by atoms with Crippen LogP contribution in [0.1, 0.15) is 32.6 Å². The van der Waals surface area contributed by atoms with Crippen molar-refractivity contribution in [1.82, 2.24) is 0 Å². The van der Waals surface area contributed by atoms with Gasteiger partial charge in [0.05, 0.1) is 4.83 Å². The Balaban J connectivity index is 2.29. The molecular weight excluding hydrogens is 360 g/mol. The van der Waals surface area contributed by atoms with Crippen LogP contribution in [0.25, 0.3) is 0 Å². The number of hydrogen-bond acceptors (Lipinski definition) is 1. The molecule has 2 rings (SSSR count). The molecule has 0 aliphatic heterocycles. The Labute approximate surface area is 123 Å². The fraction of sp³-hybridized carbons (Fsp3) is 0.286. The van der Waals surface area contributed by atoms with Crippen molar-refractivity contribution in [3.63, 3.8) is 0 Å². The van der Waals surface area contributed by atoms with Crippen molar-refractivity contribution in [2.24, 2.45) is 0 Å². The zero-order chi connectivity index (χ0) is 12.4. The lowest BCUT2D eigenvalue weighted by Gasteiger charge is -2.09. The Morgan fingerprint density at radius 1 is 1.24 bits per heavy atom. The summed E-state index contributed by atoms with van der Waals surface area (Å²) in [6.07, 6.45) is 1.11. The van der Waals surface area contributed by atoms with E-state index in [0.717, 1.165) is 6.42 Å². The van der Waals surface area contributed by atoms with Crippen molar-refractivity contribution < 1.29 is 0 Å². The second-order valence-corrected chi connectivity index (χ2v) is 7.00. The number of halogens is 2. The standard InChI is InChI=1S/C14H14Br2S/c1-3-11-6-7-13(17-11)14(16)10-5-4-9(2)12(15)8-10/h4-8,14H,3H2,1-2H3. The van der Waals surface area contributed by atoms with Gasteiger partial charge in [-0.3, -0.25) is 0 Å². The molecule has 0 saturated heterocycles. The van der Waals surface area contributed by atoms with Gasteiger partial charge in [0.25, 0.3) is 0 Å². The van der Waals surface area contributed by atoms with Crippen molar-refractivity contribution in [3.05, 3.63) is 55.7 Å². The van der Waals surface area contributed by atoms with E-state index in [1.165, 1.54) is 25.4 Å². The predicted molar refractivity (Wildman–Crippen MR) is 83.3 cm³/mol. The highest BCUT2D eigenvalue weighted by molar-refractivity contribution is 9.10. The van der Waals surface area contributed by atoms with Gasteiger partial charge in [-0.15, -0.1) is 11.3 Å². The van der Waals surface area contributed by atoms with Crippen molar-refractivity contribution >= 4 is 43.2 Å². The highest BCUT2D eigenvalue weighted by atomic mass is 79.9. The van der Waals surface area contributed by atoms with Gasteiger partial charge < -0.3 is 0 Å². The first kappa shape index (κ1) is 13.3. The van der Waals surface area contributed by atoms with Crippen molar-refractivity contribution in [3.8, 4) is 0 Å². The molecule has 0 N–H and O–H groups in total. The monoisotopic (exact) mass is 372 g/mol. The van der Waals surface area contributed by atoms with Gasteiger partial charge >= 0.3 is 0 Å². The first-order chi connectivity index (χ1) is 8.11. The van der Waals surface area contributed by atoms with Gasteiger partial charge in [0.2, 0.25) is 0 Å². The van der Waals surface area contributed by atoms with Gasteiger partial charge in [0.15, 0.2) is 0 Å². The molecule has 1 atom stereocenters. The molecule has 90 valence electrons. The summed E-state index contributed by atoms with van der Waals surface area (Å²) in [7, 11) is 0. The van der Waals surface area contributed by atoms with E-state index in [1.54, 1.807) is 0 Å². The Bertz CT molecular complexity index is 517. The molecule has 2 aromatic rings. The summed E-state index contributed by atoms with van der Waals surface area (Å²) in [6, 6.07) is 11.0. The van der Waals surface area contributed by atoms with Crippen LogP contribution in [0.3, 0.4) is 0 Å². The maximum Gasteiger partial charge on any atom is 0.0738 e. The highest BCUT2D eigenvalue weighted by Gasteiger charge is 2.13. The van der Waals surface area contributed by atoms with Crippen LogP contribution in [0, 0.1) is 6.92 Å².